The van der Waals surface area contributed by atoms with Crippen LogP contribution in [0, 0.1) is 0 Å². The molecule has 0 saturated heterocycles. The molecule has 0 atom stereocenters. The Bertz CT molecular complexity index is 418. The van der Waals surface area contributed by atoms with Gasteiger partial charge in [-0.25, -0.2) is 0 Å². The number of carbonyl (C=O) groups is 1. The molecule has 17 heavy (non-hydrogen) atoms. The molecule has 0 aromatic heterocycles. The maximum absolute atomic E-state index is 12.0. The highest BCUT2D eigenvalue weighted by Gasteiger charge is 2.31. The van der Waals surface area contributed by atoms with E-state index < -0.39 is 12.3 Å². The van der Waals surface area contributed by atoms with E-state index in [1.165, 1.54) is 19.2 Å². The van der Waals surface area contributed by atoms with Crippen molar-refractivity contribution in [1.29, 1.82) is 0 Å². The van der Waals surface area contributed by atoms with Gasteiger partial charge in [0.05, 0.1) is 18.0 Å². The van der Waals surface area contributed by atoms with Crippen molar-refractivity contribution in [2.45, 2.75) is 12.8 Å². The lowest BCUT2D eigenvalue weighted by Gasteiger charge is -2.11. The van der Waals surface area contributed by atoms with Gasteiger partial charge < -0.3 is 9.47 Å². The van der Waals surface area contributed by atoms with E-state index in [1.54, 1.807) is 0 Å². The lowest BCUT2D eigenvalue weighted by molar-refractivity contribution is -0.274. The van der Waals surface area contributed by atoms with E-state index in [2.05, 4.69) is 25.4 Å². The Morgan fingerprint density at radius 2 is 2.06 bits per heavy atom. The number of halogens is 4. The second kappa shape index (κ2) is 5.39. The van der Waals surface area contributed by atoms with E-state index in [9.17, 15) is 18.0 Å². The summed E-state index contributed by atoms with van der Waals surface area (Å²) >= 11 is 2.93. The quantitative estimate of drug-likeness (QED) is 0.805. The summed E-state index contributed by atoms with van der Waals surface area (Å²) in [5.74, 6) is -0.826. The maximum Gasteiger partial charge on any atom is 0.573 e. The predicted octanol–water partition coefficient (Wildman–Crippen LogP) is 3.06. The fourth-order valence-electron chi connectivity index (χ4n) is 1.10. The summed E-state index contributed by atoms with van der Waals surface area (Å²) in [5, 5.41) is 0. The molecule has 0 unspecified atom stereocenters. The summed E-state index contributed by atoms with van der Waals surface area (Å²) in [6.07, 6.45) is -4.76. The molecule has 0 aliphatic heterocycles. The van der Waals surface area contributed by atoms with E-state index >= 15 is 0 Å². The summed E-state index contributed by atoms with van der Waals surface area (Å²) in [6.45, 7) is 0. The molecule has 3 nitrogen and oxygen atoms in total. The van der Waals surface area contributed by atoms with Gasteiger partial charge in [-0.15, -0.1) is 13.2 Å². The number of hydrogen-bond donors (Lipinski definition) is 0. The van der Waals surface area contributed by atoms with Gasteiger partial charge in [-0.1, -0.05) is 6.07 Å². The van der Waals surface area contributed by atoms with E-state index in [4.69, 9.17) is 0 Å². The summed E-state index contributed by atoms with van der Waals surface area (Å²) in [4.78, 5) is 11.0. The van der Waals surface area contributed by atoms with E-state index in [0.29, 0.717) is 5.56 Å². The Balaban J connectivity index is 2.83. The van der Waals surface area contributed by atoms with Gasteiger partial charge in [-0.2, -0.15) is 0 Å². The molecule has 0 amide bonds. The van der Waals surface area contributed by atoms with Crippen molar-refractivity contribution >= 4 is 21.9 Å². The molecule has 0 heterocycles. The first-order chi connectivity index (χ1) is 7.81. The summed E-state index contributed by atoms with van der Waals surface area (Å²) in [6, 6.07) is 3.87. The lowest BCUT2D eigenvalue weighted by Crippen LogP contribution is -2.17. The first-order valence-corrected chi connectivity index (χ1v) is 5.22. The number of methoxy groups -OCH3 is 1. The molecule has 0 aliphatic carbocycles. The van der Waals surface area contributed by atoms with E-state index in [1.807, 2.05) is 0 Å². The monoisotopic (exact) mass is 312 g/mol. The molecule has 0 aliphatic rings. The van der Waals surface area contributed by atoms with Crippen LogP contribution in [0.4, 0.5) is 13.2 Å². The van der Waals surface area contributed by atoms with E-state index in [0.717, 1.165) is 6.07 Å². The van der Waals surface area contributed by atoms with Crippen LogP contribution in [0.2, 0.25) is 0 Å². The van der Waals surface area contributed by atoms with Gasteiger partial charge >= 0.3 is 12.3 Å². The van der Waals surface area contributed by atoms with Crippen LogP contribution in [0.3, 0.4) is 0 Å². The third-order valence-corrected chi connectivity index (χ3v) is 2.42. The molecule has 7 heteroatoms. The zero-order valence-corrected chi connectivity index (χ0v) is 10.3. The SMILES string of the molecule is COC(=O)Cc1ccc(OC(F)(F)F)c(Br)c1. The minimum absolute atomic E-state index is 0.0125. The highest BCUT2D eigenvalue weighted by Crippen LogP contribution is 2.31. The minimum atomic E-state index is -4.74. The number of alkyl halides is 3. The normalized spacial score (nSPS) is 11.1. The number of carbonyl (C=O) groups excluding carboxylic acids is 1. The second-order valence-corrected chi connectivity index (χ2v) is 3.92. The van der Waals surface area contributed by atoms with Gasteiger partial charge in [0.2, 0.25) is 0 Å². The Morgan fingerprint density at radius 3 is 2.53 bits per heavy atom. The van der Waals surface area contributed by atoms with Gasteiger partial charge in [-0.3, -0.25) is 4.79 Å². The van der Waals surface area contributed by atoms with Gasteiger partial charge in [-0.05, 0) is 33.6 Å². The van der Waals surface area contributed by atoms with Crippen LogP contribution in [0.5, 0.6) is 5.75 Å². The van der Waals surface area contributed by atoms with Crippen LogP contribution < -0.4 is 4.74 Å². The molecule has 0 spiro atoms. The van der Waals surface area contributed by atoms with E-state index in [-0.39, 0.29) is 16.6 Å². The fourth-order valence-corrected chi connectivity index (χ4v) is 1.61. The molecule has 0 saturated carbocycles. The summed E-state index contributed by atoms with van der Waals surface area (Å²) < 4.78 is 44.2. The molecule has 1 aromatic rings. The molecule has 0 radical (unpaired) electrons. The van der Waals surface area contributed by atoms with Crippen molar-refractivity contribution in [3.05, 3.63) is 28.2 Å². The standard InChI is InChI=1S/C10H8BrF3O3/c1-16-9(15)5-6-2-3-8(7(11)4-6)17-10(12,13)14/h2-4H,5H2,1H3. The zero-order valence-electron chi connectivity index (χ0n) is 8.68. The third-order valence-electron chi connectivity index (χ3n) is 1.80. The number of ether oxygens (including phenoxy) is 2. The van der Waals surface area contributed by atoms with Crippen LogP contribution in [0.15, 0.2) is 22.7 Å². The maximum atomic E-state index is 12.0. The average Bonchev–Trinajstić information content (AvgIpc) is 2.20. The number of hydrogen-bond acceptors (Lipinski definition) is 3. The van der Waals surface area contributed by atoms with Gasteiger partial charge in [0.1, 0.15) is 5.75 Å². The van der Waals surface area contributed by atoms with Crippen LogP contribution in [-0.4, -0.2) is 19.4 Å². The first kappa shape index (κ1) is 13.8. The summed E-state index contributed by atoms with van der Waals surface area (Å²) in [7, 11) is 1.23. The highest BCUT2D eigenvalue weighted by atomic mass is 79.9. The molecule has 1 aromatic carbocycles. The molecule has 94 valence electrons. The fraction of sp³-hybridized carbons (Fsp3) is 0.300. The van der Waals surface area contributed by atoms with Crippen LogP contribution in [0.1, 0.15) is 5.56 Å². The first-order valence-electron chi connectivity index (χ1n) is 4.43. The topological polar surface area (TPSA) is 35.5 Å². The highest BCUT2D eigenvalue weighted by molar-refractivity contribution is 9.10. The molecule has 1 rings (SSSR count). The van der Waals surface area contributed by atoms with Crippen molar-refractivity contribution < 1.29 is 27.4 Å². The minimum Gasteiger partial charge on any atom is -0.469 e. The Morgan fingerprint density at radius 1 is 1.41 bits per heavy atom. The lowest BCUT2D eigenvalue weighted by atomic mass is 10.1. The number of rotatable bonds is 3. The zero-order chi connectivity index (χ0) is 13.1. The van der Waals surface area contributed by atoms with Crippen LogP contribution in [-0.2, 0) is 16.0 Å². The number of benzene rings is 1. The number of esters is 1. The Kier molecular flexibility index (Phi) is 4.39. The largest absolute Gasteiger partial charge is 0.573 e. The predicted molar refractivity (Wildman–Crippen MR) is 56.5 cm³/mol. The van der Waals surface area contributed by atoms with Crippen molar-refractivity contribution in [1.82, 2.24) is 0 Å². The van der Waals surface area contributed by atoms with Crippen LogP contribution >= 0.6 is 15.9 Å². The average molecular weight is 313 g/mol. The van der Waals surface area contributed by atoms with Crippen LogP contribution in [0.25, 0.3) is 0 Å². The molecular formula is C10H8BrF3O3. The molecular weight excluding hydrogens is 305 g/mol. The molecule has 0 N–H and O–H groups in total. The van der Waals surface area contributed by atoms with Gasteiger partial charge in [0, 0.05) is 0 Å². The van der Waals surface area contributed by atoms with Gasteiger partial charge in [0.25, 0.3) is 0 Å². The third kappa shape index (κ3) is 4.64. The van der Waals surface area contributed by atoms with Crippen molar-refractivity contribution in [3.8, 4) is 5.75 Å². The van der Waals surface area contributed by atoms with Crippen molar-refractivity contribution in [2.24, 2.45) is 0 Å². The van der Waals surface area contributed by atoms with Gasteiger partial charge in [0.15, 0.2) is 0 Å². The Labute approximate surface area is 104 Å². The van der Waals surface area contributed by atoms with Crippen molar-refractivity contribution in [3.63, 3.8) is 0 Å². The smallest absolute Gasteiger partial charge is 0.469 e. The molecule has 0 fully saturated rings. The molecule has 0 bridgehead atoms. The summed E-state index contributed by atoms with van der Waals surface area (Å²) in [5.41, 5.74) is 0.526. The van der Waals surface area contributed by atoms with Crippen molar-refractivity contribution in [2.75, 3.05) is 7.11 Å². The Hall–Kier alpha value is -1.24. The second-order valence-electron chi connectivity index (χ2n) is 3.07.